The Labute approximate surface area is 127 Å². The Hall–Kier alpha value is -0.580. The molecular formula is C14H18BrClN2O. The molecule has 1 fully saturated rings. The Morgan fingerprint density at radius 3 is 3.05 bits per heavy atom. The first-order chi connectivity index (χ1) is 9.09. The second-order valence-electron chi connectivity index (χ2n) is 4.94. The zero-order valence-corrected chi connectivity index (χ0v) is 13.3. The van der Waals surface area contributed by atoms with Crippen molar-refractivity contribution in [2.24, 2.45) is 0 Å². The summed E-state index contributed by atoms with van der Waals surface area (Å²) in [5, 5.41) is 3.45. The summed E-state index contributed by atoms with van der Waals surface area (Å²) in [6, 6.07) is 5.82. The van der Waals surface area contributed by atoms with Gasteiger partial charge in [0.05, 0.1) is 10.6 Å². The third kappa shape index (κ3) is 3.71. The molecule has 0 radical (unpaired) electrons. The molecule has 19 heavy (non-hydrogen) atoms. The number of likely N-dealkylation sites (N-methyl/N-ethyl adjacent to an activating group) is 1. The maximum absolute atomic E-state index is 12.1. The number of carbonyl (C=O) groups is 1. The summed E-state index contributed by atoms with van der Waals surface area (Å²) in [5.41, 5.74) is 0.523. The quantitative estimate of drug-likeness (QED) is 0.911. The molecule has 1 atom stereocenters. The van der Waals surface area contributed by atoms with Gasteiger partial charge in [0.1, 0.15) is 0 Å². The van der Waals surface area contributed by atoms with Gasteiger partial charge in [0.15, 0.2) is 0 Å². The topological polar surface area (TPSA) is 32.3 Å². The number of benzene rings is 1. The number of carbonyl (C=O) groups excluding carboxylic acids is 1. The Morgan fingerprint density at radius 2 is 2.32 bits per heavy atom. The molecule has 1 amide bonds. The van der Waals surface area contributed by atoms with Crippen molar-refractivity contribution in [1.82, 2.24) is 10.2 Å². The number of hydrogen-bond acceptors (Lipinski definition) is 2. The molecule has 0 saturated carbocycles. The first kappa shape index (κ1) is 14.8. The Kier molecular flexibility index (Phi) is 5.25. The second kappa shape index (κ2) is 6.73. The largest absolute Gasteiger partial charge is 0.350 e. The fraction of sp³-hybridized carbons (Fsp3) is 0.500. The fourth-order valence-corrected chi connectivity index (χ4v) is 2.96. The SMILES string of the molecule is CN1CCCCC1CNC(=O)c1cccc(Br)c1Cl. The second-order valence-corrected chi connectivity index (χ2v) is 6.17. The number of hydrogen-bond donors (Lipinski definition) is 1. The van der Waals surface area contributed by atoms with E-state index < -0.39 is 0 Å². The van der Waals surface area contributed by atoms with E-state index in [2.05, 4.69) is 33.2 Å². The van der Waals surface area contributed by atoms with Crippen LogP contribution in [0.25, 0.3) is 0 Å². The van der Waals surface area contributed by atoms with E-state index in [1.165, 1.54) is 12.8 Å². The molecule has 1 aromatic rings. The monoisotopic (exact) mass is 344 g/mol. The van der Waals surface area contributed by atoms with E-state index >= 15 is 0 Å². The molecule has 104 valence electrons. The van der Waals surface area contributed by atoms with Gasteiger partial charge in [0.25, 0.3) is 5.91 Å². The molecule has 1 aromatic carbocycles. The van der Waals surface area contributed by atoms with E-state index in [0.29, 0.717) is 23.2 Å². The van der Waals surface area contributed by atoms with E-state index in [1.54, 1.807) is 6.07 Å². The summed E-state index contributed by atoms with van der Waals surface area (Å²) in [6.07, 6.45) is 3.63. The molecule has 0 bridgehead atoms. The van der Waals surface area contributed by atoms with Crippen molar-refractivity contribution in [2.75, 3.05) is 20.1 Å². The molecule has 1 aliphatic heterocycles. The van der Waals surface area contributed by atoms with Crippen molar-refractivity contribution in [3.8, 4) is 0 Å². The highest BCUT2D eigenvalue weighted by Gasteiger charge is 2.20. The van der Waals surface area contributed by atoms with E-state index in [-0.39, 0.29) is 5.91 Å². The molecule has 0 aliphatic carbocycles. The number of nitrogens with zero attached hydrogens (tertiary/aromatic N) is 1. The van der Waals surface area contributed by atoms with Gasteiger partial charge in [-0.1, -0.05) is 24.1 Å². The van der Waals surface area contributed by atoms with Crippen LogP contribution in [0.5, 0.6) is 0 Å². The van der Waals surface area contributed by atoms with Gasteiger partial charge in [-0.2, -0.15) is 0 Å². The van der Waals surface area contributed by atoms with Crippen LogP contribution >= 0.6 is 27.5 Å². The number of likely N-dealkylation sites (tertiary alicyclic amines) is 1. The maximum atomic E-state index is 12.1. The van der Waals surface area contributed by atoms with Crippen molar-refractivity contribution < 1.29 is 4.79 Å². The van der Waals surface area contributed by atoms with E-state index in [4.69, 9.17) is 11.6 Å². The lowest BCUT2D eigenvalue weighted by molar-refractivity contribution is 0.0928. The molecule has 1 heterocycles. The van der Waals surface area contributed by atoms with Gasteiger partial charge in [-0.3, -0.25) is 4.79 Å². The molecular weight excluding hydrogens is 328 g/mol. The third-order valence-corrected chi connectivity index (χ3v) is 4.91. The van der Waals surface area contributed by atoms with Crippen LogP contribution in [0.1, 0.15) is 29.6 Å². The van der Waals surface area contributed by atoms with Crippen LogP contribution in [0.4, 0.5) is 0 Å². The number of rotatable bonds is 3. The van der Waals surface area contributed by atoms with Crippen molar-refractivity contribution >= 4 is 33.4 Å². The molecule has 2 rings (SSSR count). The minimum atomic E-state index is -0.106. The molecule has 5 heteroatoms. The fourth-order valence-electron chi connectivity index (χ4n) is 2.39. The lowest BCUT2D eigenvalue weighted by Gasteiger charge is -2.32. The van der Waals surface area contributed by atoms with Gasteiger partial charge in [-0.15, -0.1) is 0 Å². The summed E-state index contributed by atoms with van der Waals surface area (Å²) in [5.74, 6) is -0.106. The van der Waals surface area contributed by atoms with Crippen LogP contribution in [-0.4, -0.2) is 37.0 Å². The van der Waals surface area contributed by atoms with Crippen LogP contribution in [0.3, 0.4) is 0 Å². The minimum Gasteiger partial charge on any atom is -0.350 e. The average Bonchev–Trinajstić information content (AvgIpc) is 2.40. The van der Waals surface area contributed by atoms with Gasteiger partial charge in [0, 0.05) is 17.1 Å². The smallest absolute Gasteiger partial charge is 0.252 e. The lowest BCUT2D eigenvalue weighted by Crippen LogP contribution is -2.44. The molecule has 1 saturated heterocycles. The van der Waals surface area contributed by atoms with Crippen LogP contribution in [-0.2, 0) is 0 Å². The van der Waals surface area contributed by atoms with Crippen LogP contribution in [0, 0.1) is 0 Å². The highest BCUT2D eigenvalue weighted by atomic mass is 79.9. The zero-order valence-electron chi connectivity index (χ0n) is 11.0. The Morgan fingerprint density at radius 1 is 1.53 bits per heavy atom. The van der Waals surface area contributed by atoms with E-state index in [9.17, 15) is 4.79 Å². The van der Waals surface area contributed by atoms with Crippen LogP contribution in [0.15, 0.2) is 22.7 Å². The molecule has 1 N–H and O–H groups in total. The normalized spacial score (nSPS) is 20.3. The van der Waals surface area contributed by atoms with Crippen molar-refractivity contribution in [3.63, 3.8) is 0 Å². The van der Waals surface area contributed by atoms with Gasteiger partial charge in [-0.05, 0) is 54.5 Å². The standard InChI is InChI=1S/C14H18BrClN2O/c1-18-8-3-2-5-10(18)9-17-14(19)11-6-4-7-12(15)13(11)16/h4,6-7,10H,2-3,5,8-9H2,1H3,(H,17,19). The van der Waals surface area contributed by atoms with Crippen LogP contribution in [0.2, 0.25) is 5.02 Å². The van der Waals surface area contributed by atoms with Crippen LogP contribution < -0.4 is 5.32 Å². The molecule has 0 spiro atoms. The number of piperidine rings is 1. The molecule has 1 unspecified atom stereocenters. The zero-order chi connectivity index (χ0) is 13.8. The predicted molar refractivity (Wildman–Crippen MR) is 81.8 cm³/mol. The molecule has 3 nitrogen and oxygen atoms in total. The summed E-state index contributed by atoms with van der Waals surface area (Å²) in [4.78, 5) is 14.4. The first-order valence-electron chi connectivity index (χ1n) is 6.52. The van der Waals surface area contributed by atoms with Crippen molar-refractivity contribution in [3.05, 3.63) is 33.3 Å². The number of amides is 1. The van der Waals surface area contributed by atoms with Gasteiger partial charge < -0.3 is 10.2 Å². The Bertz CT molecular complexity index is 467. The van der Waals surface area contributed by atoms with Gasteiger partial charge in [-0.25, -0.2) is 0 Å². The molecule has 1 aliphatic rings. The first-order valence-corrected chi connectivity index (χ1v) is 7.69. The lowest BCUT2D eigenvalue weighted by atomic mass is 10.0. The predicted octanol–water partition coefficient (Wildman–Crippen LogP) is 3.32. The summed E-state index contributed by atoms with van der Waals surface area (Å²) < 4.78 is 0.747. The summed E-state index contributed by atoms with van der Waals surface area (Å²) in [7, 11) is 2.11. The van der Waals surface area contributed by atoms with Crippen molar-refractivity contribution in [1.29, 1.82) is 0 Å². The number of halogens is 2. The highest BCUT2D eigenvalue weighted by Crippen LogP contribution is 2.25. The van der Waals surface area contributed by atoms with E-state index in [1.807, 2.05) is 12.1 Å². The summed E-state index contributed by atoms with van der Waals surface area (Å²) in [6.45, 7) is 1.79. The Balaban J connectivity index is 1.95. The molecule has 0 aromatic heterocycles. The van der Waals surface area contributed by atoms with Crippen molar-refractivity contribution in [2.45, 2.75) is 25.3 Å². The third-order valence-electron chi connectivity index (χ3n) is 3.62. The minimum absolute atomic E-state index is 0.106. The highest BCUT2D eigenvalue weighted by molar-refractivity contribution is 9.10. The van der Waals surface area contributed by atoms with Gasteiger partial charge in [0.2, 0.25) is 0 Å². The average molecular weight is 346 g/mol. The van der Waals surface area contributed by atoms with Gasteiger partial charge >= 0.3 is 0 Å². The summed E-state index contributed by atoms with van der Waals surface area (Å²) >= 11 is 9.45. The number of nitrogens with one attached hydrogen (secondary N) is 1. The maximum Gasteiger partial charge on any atom is 0.252 e. The van der Waals surface area contributed by atoms with E-state index in [0.717, 1.165) is 17.4 Å².